The van der Waals surface area contributed by atoms with Gasteiger partial charge < -0.3 is 9.84 Å². The summed E-state index contributed by atoms with van der Waals surface area (Å²) in [5, 5.41) is 12.0. The maximum absolute atomic E-state index is 12.9. The van der Waals surface area contributed by atoms with Crippen LogP contribution in [-0.4, -0.2) is 23.3 Å². The van der Waals surface area contributed by atoms with E-state index in [0.29, 0.717) is 12.5 Å². The third kappa shape index (κ3) is 2.38. The van der Waals surface area contributed by atoms with Gasteiger partial charge in [-0.05, 0) is 55.8 Å². The average molecular weight is 335 g/mol. The Balaban J connectivity index is 2.12. The number of carbonyl (C=O) groups is 1. The summed E-state index contributed by atoms with van der Waals surface area (Å²) in [4.78, 5) is 12.9. The molecule has 0 amide bonds. The maximum atomic E-state index is 12.9. The molecule has 0 radical (unpaired) electrons. The van der Waals surface area contributed by atoms with Gasteiger partial charge in [0.05, 0.1) is 18.1 Å². The Labute approximate surface area is 146 Å². The molecule has 1 unspecified atom stereocenters. The van der Waals surface area contributed by atoms with E-state index in [2.05, 4.69) is 34.3 Å². The largest absolute Gasteiger partial charge is 0.465 e. The van der Waals surface area contributed by atoms with Crippen LogP contribution in [0.15, 0.2) is 12.7 Å². The smallest absolute Gasteiger partial charge is 0.309 e. The number of ether oxygens (including phenoxy) is 1. The number of cyclic esters (lactones) is 1. The van der Waals surface area contributed by atoms with E-state index in [9.17, 15) is 9.90 Å². The highest BCUT2D eigenvalue weighted by Gasteiger charge is 2.66. The summed E-state index contributed by atoms with van der Waals surface area (Å²) < 4.78 is 5.69. The van der Waals surface area contributed by atoms with Crippen molar-refractivity contribution in [1.82, 2.24) is 0 Å². The van der Waals surface area contributed by atoms with Gasteiger partial charge in [-0.25, -0.2) is 0 Å². The first kappa shape index (κ1) is 18.0. The van der Waals surface area contributed by atoms with Crippen molar-refractivity contribution in [3.8, 4) is 0 Å². The van der Waals surface area contributed by atoms with E-state index in [1.165, 1.54) is 0 Å². The number of hydrogen-bond acceptors (Lipinski definition) is 3. The minimum atomic E-state index is -0.803. The number of carbonyl (C=O) groups excluding carboxylic acids is 1. The normalized spacial score (nSPS) is 48.3. The SMILES string of the molecule is C=C[C@@H]1CC[C@]2(O)[C@@H](C)CC[C@H]3C(C)(C)CCC(C(=O)OC1)[C@@]32C. The van der Waals surface area contributed by atoms with Crippen LogP contribution in [0.2, 0.25) is 0 Å². The van der Waals surface area contributed by atoms with Crippen LogP contribution in [-0.2, 0) is 9.53 Å². The molecule has 1 N–H and O–H groups in total. The molecule has 1 aliphatic heterocycles. The molecule has 3 fully saturated rings. The molecule has 3 heteroatoms. The van der Waals surface area contributed by atoms with Gasteiger partial charge in [-0.15, -0.1) is 6.58 Å². The van der Waals surface area contributed by atoms with Crippen molar-refractivity contribution in [1.29, 1.82) is 0 Å². The van der Waals surface area contributed by atoms with E-state index in [0.717, 1.165) is 38.5 Å². The third-order valence-electron chi connectivity index (χ3n) is 8.06. The van der Waals surface area contributed by atoms with Gasteiger partial charge in [-0.2, -0.15) is 0 Å². The Morgan fingerprint density at radius 3 is 2.54 bits per heavy atom. The highest BCUT2D eigenvalue weighted by atomic mass is 16.5. The molecule has 6 atom stereocenters. The van der Waals surface area contributed by atoms with Crippen molar-refractivity contribution in [2.24, 2.45) is 34.5 Å². The zero-order chi connectivity index (χ0) is 17.8. The summed E-state index contributed by atoms with van der Waals surface area (Å²) in [5.74, 6) is 0.428. The van der Waals surface area contributed by atoms with Crippen LogP contribution < -0.4 is 0 Å². The van der Waals surface area contributed by atoms with E-state index in [-0.39, 0.29) is 29.1 Å². The molecule has 24 heavy (non-hydrogen) atoms. The van der Waals surface area contributed by atoms with Crippen LogP contribution >= 0.6 is 0 Å². The maximum Gasteiger partial charge on any atom is 0.309 e. The van der Waals surface area contributed by atoms with E-state index >= 15 is 0 Å². The second-order valence-corrected chi connectivity index (χ2v) is 9.48. The van der Waals surface area contributed by atoms with Crippen LogP contribution in [0.25, 0.3) is 0 Å². The fourth-order valence-corrected chi connectivity index (χ4v) is 6.37. The van der Waals surface area contributed by atoms with Crippen LogP contribution in [0.3, 0.4) is 0 Å². The summed E-state index contributed by atoms with van der Waals surface area (Å²) in [6.45, 7) is 13.3. The summed E-state index contributed by atoms with van der Waals surface area (Å²) in [6.07, 6.45) is 7.45. The Hall–Kier alpha value is -0.830. The van der Waals surface area contributed by atoms with Crippen LogP contribution in [0.1, 0.15) is 66.2 Å². The van der Waals surface area contributed by atoms with Gasteiger partial charge in [0.1, 0.15) is 0 Å². The molecule has 0 aromatic heterocycles. The standard InChI is InChI=1S/C21H34O3/c1-6-15-9-12-21(23)14(2)7-8-17-19(3,4)11-10-16(20(17,21)5)18(22)24-13-15/h6,14-17,23H,1,7-13H2,2-5H3/t14-,15+,16?,17-,20-,21-/m0/s1. The lowest BCUT2D eigenvalue weighted by atomic mass is 9.41. The molecule has 2 saturated carbocycles. The summed E-state index contributed by atoms with van der Waals surface area (Å²) in [6, 6.07) is 0. The van der Waals surface area contributed by atoms with Crippen molar-refractivity contribution in [2.45, 2.75) is 71.8 Å². The summed E-state index contributed by atoms with van der Waals surface area (Å²) >= 11 is 0. The van der Waals surface area contributed by atoms with Gasteiger partial charge in [-0.3, -0.25) is 4.79 Å². The molecule has 3 rings (SSSR count). The Kier molecular flexibility index (Phi) is 4.39. The topological polar surface area (TPSA) is 46.5 Å². The average Bonchev–Trinajstić information content (AvgIpc) is 2.55. The number of esters is 1. The number of aliphatic hydroxyl groups is 1. The lowest BCUT2D eigenvalue weighted by Gasteiger charge is -2.65. The molecule has 0 aromatic rings. The van der Waals surface area contributed by atoms with Gasteiger partial charge in [-0.1, -0.05) is 33.8 Å². The van der Waals surface area contributed by atoms with Crippen molar-refractivity contribution >= 4 is 5.97 Å². The van der Waals surface area contributed by atoms with Gasteiger partial charge >= 0.3 is 5.97 Å². The van der Waals surface area contributed by atoms with Gasteiger partial charge in [0.2, 0.25) is 0 Å². The van der Waals surface area contributed by atoms with Crippen LogP contribution in [0.5, 0.6) is 0 Å². The molecule has 3 nitrogen and oxygen atoms in total. The molecule has 2 aliphatic carbocycles. The quantitative estimate of drug-likeness (QED) is 0.573. The minimum absolute atomic E-state index is 0.0979. The first-order valence-electron chi connectivity index (χ1n) is 9.68. The Morgan fingerprint density at radius 1 is 1.17 bits per heavy atom. The van der Waals surface area contributed by atoms with Gasteiger partial charge in [0, 0.05) is 11.3 Å². The number of hydrogen-bond donors (Lipinski definition) is 1. The Morgan fingerprint density at radius 2 is 1.88 bits per heavy atom. The molecule has 1 heterocycles. The highest BCUT2D eigenvalue weighted by Crippen LogP contribution is 2.66. The van der Waals surface area contributed by atoms with Crippen molar-refractivity contribution in [3.63, 3.8) is 0 Å². The summed E-state index contributed by atoms with van der Waals surface area (Å²) in [5.41, 5.74) is -1.05. The van der Waals surface area contributed by atoms with Gasteiger partial charge in [0.15, 0.2) is 0 Å². The van der Waals surface area contributed by atoms with E-state index in [4.69, 9.17) is 4.74 Å². The zero-order valence-electron chi connectivity index (χ0n) is 15.8. The van der Waals surface area contributed by atoms with Crippen LogP contribution in [0, 0.1) is 34.5 Å². The lowest BCUT2D eigenvalue weighted by molar-refractivity contribution is -0.238. The minimum Gasteiger partial charge on any atom is -0.465 e. The second kappa shape index (κ2) is 5.86. The van der Waals surface area contributed by atoms with E-state index < -0.39 is 11.0 Å². The molecular formula is C21H34O3. The second-order valence-electron chi connectivity index (χ2n) is 9.48. The van der Waals surface area contributed by atoms with E-state index in [1.54, 1.807) is 0 Å². The highest BCUT2D eigenvalue weighted by molar-refractivity contribution is 5.74. The third-order valence-corrected chi connectivity index (χ3v) is 8.06. The first-order chi connectivity index (χ1) is 11.2. The van der Waals surface area contributed by atoms with E-state index in [1.807, 2.05) is 6.08 Å². The molecule has 136 valence electrons. The summed E-state index contributed by atoms with van der Waals surface area (Å²) in [7, 11) is 0. The van der Waals surface area contributed by atoms with Crippen LogP contribution in [0.4, 0.5) is 0 Å². The predicted octanol–water partition coefficient (Wildman–Crippen LogP) is 4.35. The molecule has 0 spiro atoms. The van der Waals surface area contributed by atoms with Crippen molar-refractivity contribution in [3.05, 3.63) is 12.7 Å². The fourth-order valence-electron chi connectivity index (χ4n) is 6.37. The monoisotopic (exact) mass is 334 g/mol. The van der Waals surface area contributed by atoms with Gasteiger partial charge in [0.25, 0.3) is 0 Å². The molecule has 0 bridgehead atoms. The Bertz CT molecular complexity index is 525. The fraction of sp³-hybridized carbons (Fsp3) is 0.857. The van der Waals surface area contributed by atoms with Crippen molar-refractivity contribution in [2.75, 3.05) is 6.61 Å². The molecular weight excluding hydrogens is 300 g/mol. The number of rotatable bonds is 1. The molecule has 0 aromatic carbocycles. The van der Waals surface area contributed by atoms with Crippen molar-refractivity contribution < 1.29 is 14.6 Å². The lowest BCUT2D eigenvalue weighted by Crippen LogP contribution is -2.66. The zero-order valence-corrected chi connectivity index (χ0v) is 15.8. The molecule has 3 aliphatic rings. The molecule has 1 saturated heterocycles. The predicted molar refractivity (Wildman–Crippen MR) is 95.3 cm³/mol. The first-order valence-corrected chi connectivity index (χ1v) is 9.68.